The summed E-state index contributed by atoms with van der Waals surface area (Å²) in [4.78, 5) is 24.9. The Bertz CT molecular complexity index is 565. The van der Waals surface area contributed by atoms with Crippen LogP contribution in [0.2, 0.25) is 10.0 Å². The minimum atomic E-state index is -0.927. The van der Waals surface area contributed by atoms with Gasteiger partial charge in [0.2, 0.25) is 5.91 Å². The lowest BCUT2D eigenvalue weighted by Crippen LogP contribution is -2.51. The van der Waals surface area contributed by atoms with E-state index in [2.05, 4.69) is 0 Å². The van der Waals surface area contributed by atoms with E-state index in [1.807, 2.05) is 0 Å². The SMILES string of the molecule is NC1CC(C(=O)O)CN(C(=O)Cc2cc(Cl)ccc2Cl)C1. The second kappa shape index (κ2) is 6.64. The fourth-order valence-electron chi connectivity index (χ4n) is 2.47. The maximum Gasteiger partial charge on any atom is 0.308 e. The van der Waals surface area contributed by atoms with Crippen LogP contribution < -0.4 is 5.73 Å². The summed E-state index contributed by atoms with van der Waals surface area (Å²) < 4.78 is 0. The molecule has 114 valence electrons. The van der Waals surface area contributed by atoms with Crippen molar-refractivity contribution >= 4 is 35.1 Å². The van der Waals surface area contributed by atoms with E-state index in [9.17, 15) is 9.59 Å². The van der Waals surface area contributed by atoms with Gasteiger partial charge in [-0.05, 0) is 30.2 Å². The van der Waals surface area contributed by atoms with Gasteiger partial charge in [-0.1, -0.05) is 23.2 Å². The Labute approximate surface area is 132 Å². The molecular weight excluding hydrogens is 315 g/mol. The number of hydrogen-bond acceptors (Lipinski definition) is 3. The molecule has 1 fully saturated rings. The van der Waals surface area contributed by atoms with Gasteiger partial charge < -0.3 is 15.7 Å². The number of nitrogens with zero attached hydrogens (tertiary/aromatic N) is 1. The highest BCUT2D eigenvalue weighted by Gasteiger charge is 2.32. The molecule has 0 radical (unpaired) electrons. The molecule has 1 amide bonds. The molecule has 2 rings (SSSR count). The lowest BCUT2D eigenvalue weighted by Gasteiger charge is -2.34. The van der Waals surface area contributed by atoms with E-state index in [0.717, 1.165) is 0 Å². The molecule has 0 saturated carbocycles. The standard InChI is InChI=1S/C14H16Cl2N2O3/c15-10-1-2-12(16)8(3-10)5-13(19)18-6-9(14(20)21)4-11(17)7-18/h1-3,9,11H,4-7,17H2,(H,20,21). The summed E-state index contributed by atoms with van der Waals surface area (Å²) in [5.41, 5.74) is 6.46. The number of likely N-dealkylation sites (tertiary alicyclic amines) is 1. The van der Waals surface area contributed by atoms with Gasteiger partial charge in [0.15, 0.2) is 0 Å². The van der Waals surface area contributed by atoms with E-state index >= 15 is 0 Å². The van der Waals surface area contributed by atoms with Crippen molar-refractivity contribution in [2.24, 2.45) is 11.7 Å². The van der Waals surface area contributed by atoms with Crippen LogP contribution in [-0.4, -0.2) is 41.0 Å². The molecule has 0 bridgehead atoms. The predicted octanol–water partition coefficient (Wildman–Crippen LogP) is 1.80. The van der Waals surface area contributed by atoms with E-state index in [1.54, 1.807) is 18.2 Å². The quantitative estimate of drug-likeness (QED) is 0.885. The number of carbonyl (C=O) groups excluding carboxylic acids is 1. The van der Waals surface area contributed by atoms with E-state index in [0.29, 0.717) is 28.6 Å². The van der Waals surface area contributed by atoms with Crippen LogP contribution in [0.15, 0.2) is 18.2 Å². The summed E-state index contributed by atoms with van der Waals surface area (Å²) in [6.07, 6.45) is 0.468. The predicted molar refractivity (Wildman–Crippen MR) is 80.5 cm³/mol. The molecular formula is C14H16Cl2N2O3. The number of amides is 1. The first-order valence-electron chi connectivity index (χ1n) is 6.57. The van der Waals surface area contributed by atoms with Gasteiger partial charge in [-0.2, -0.15) is 0 Å². The van der Waals surface area contributed by atoms with Crippen LogP contribution in [0.1, 0.15) is 12.0 Å². The molecule has 1 aromatic carbocycles. The molecule has 0 aromatic heterocycles. The van der Waals surface area contributed by atoms with Crippen molar-refractivity contribution in [2.75, 3.05) is 13.1 Å². The van der Waals surface area contributed by atoms with Gasteiger partial charge in [0.1, 0.15) is 0 Å². The Morgan fingerprint density at radius 3 is 2.71 bits per heavy atom. The maximum absolute atomic E-state index is 12.3. The van der Waals surface area contributed by atoms with Crippen molar-refractivity contribution in [3.8, 4) is 0 Å². The number of carboxylic acids is 1. The molecule has 0 spiro atoms. The van der Waals surface area contributed by atoms with Gasteiger partial charge in [-0.25, -0.2) is 0 Å². The van der Waals surface area contributed by atoms with E-state index in [4.69, 9.17) is 34.0 Å². The molecule has 0 aliphatic carbocycles. The van der Waals surface area contributed by atoms with Crippen LogP contribution in [0.4, 0.5) is 0 Å². The van der Waals surface area contributed by atoms with Crippen molar-refractivity contribution in [2.45, 2.75) is 18.9 Å². The summed E-state index contributed by atoms with van der Waals surface area (Å²) in [6.45, 7) is 0.543. The summed E-state index contributed by atoms with van der Waals surface area (Å²) in [7, 11) is 0. The number of carboxylic acid groups (broad SMARTS) is 1. The first kappa shape index (κ1) is 16.1. The number of rotatable bonds is 3. The summed E-state index contributed by atoms with van der Waals surface area (Å²) in [6, 6.07) is 4.60. The second-order valence-corrected chi connectivity index (χ2v) is 6.09. The topological polar surface area (TPSA) is 83.6 Å². The molecule has 3 N–H and O–H groups in total. The Hall–Kier alpha value is -1.30. The fourth-order valence-corrected chi connectivity index (χ4v) is 2.85. The van der Waals surface area contributed by atoms with E-state index < -0.39 is 11.9 Å². The third kappa shape index (κ3) is 4.09. The van der Waals surface area contributed by atoms with Gasteiger partial charge in [0.05, 0.1) is 12.3 Å². The first-order chi connectivity index (χ1) is 9.86. The van der Waals surface area contributed by atoms with Crippen molar-refractivity contribution < 1.29 is 14.7 Å². The Morgan fingerprint density at radius 1 is 1.33 bits per heavy atom. The van der Waals surface area contributed by atoms with Crippen molar-refractivity contribution in [1.29, 1.82) is 0 Å². The molecule has 21 heavy (non-hydrogen) atoms. The highest BCUT2D eigenvalue weighted by Crippen LogP contribution is 2.23. The van der Waals surface area contributed by atoms with Gasteiger partial charge >= 0.3 is 5.97 Å². The normalized spacial score (nSPS) is 22.1. The molecule has 2 unspecified atom stereocenters. The lowest BCUT2D eigenvalue weighted by atomic mass is 9.94. The van der Waals surface area contributed by atoms with Gasteiger partial charge in [-0.3, -0.25) is 9.59 Å². The number of carbonyl (C=O) groups is 2. The monoisotopic (exact) mass is 330 g/mol. The second-order valence-electron chi connectivity index (χ2n) is 5.24. The van der Waals surface area contributed by atoms with Crippen LogP contribution in [0.3, 0.4) is 0 Å². The average molecular weight is 331 g/mol. The number of hydrogen-bond donors (Lipinski definition) is 2. The first-order valence-corrected chi connectivity index (χ1v) is 7.32. The zero-order valence-corrected chi connectivity index (χ0v) is 12.8. The Kier molecular flexibility index (Phi) is 5.08. The Morgan fingerprint density at radius 2 is 2.05 bits per heavy atom. The van der Waals surface area contributed by atoms with E-state index in [1.165, 1.54) is 4.90 Å². The molecule has 1 aliphatic rings. The molecule has 1 aliphatic heterocycles. The number of benzene rings is 1. The molecule has 2 atom stereocenters. The van der Waals surface area contributed by atoms with Crippen molar-refractivity contribution in [1.82, 2.24) is 4.90 Å². The molecule has 5 nitrogen and oxygen atoms in total. The van der Waals surface area contributed by atoms with Crippen LogP contribution in [0.5, 0.6) is 0 Å². The van der Waals surface area contributed by atoms with Crippen LogP contribution in [0.25, 0.3) is 0 Å². The van der Waals surface area contributed by atoms with Gasteiger partial charge in [-0.15, -0.1) is 0 Å². The van der Waals surface area contributed by atoms with Crippen molar-refractivity contribution in [3.05, 3.63) is 33.8 Å². The van der Waals surface area contributed by atoms with Crippen LogP contribution >= 0.6 is 23.2 Å². The van der Waals surface area contributed by atoms with Gasteiger partial charge in [0, 0.05) is 29.2 Å². The third-order valence-electron chi connectivity index (χ3n) is 3.53. The number of aliphatic carboxylic acids is 1. The fraction of sp³-hybridized carbons (Fsp3) is 0.429. The third-order valence-corrected chi connectivity index (χ3v) is 4.14. The number of nitrogens with two attached hydrogens (primary N) is 1. The molecule has 1 saturated heterocycles. The number of halogens is 2. The minimum Gasteiger partial charge on any atom is -0.481 e. The molecule has 1 aromatic rings. The minimum absolute atomic E-state index is 0.0818. The maximum atomic E-state index is 12.3. The van der Waals surface area contributed by atoms with Gasteiger partial charge in [0.25, 0.3) is 0 Å². The smallest absolute Gasteiger partial charge is 0.308 e. The average Bonchev–Trinajstić information content (AvgIpc) is 2.42. The van der Waals surface area contributed by atoms with Crippen LogP contribution in [-0.2, 0) is 16.0 Å². The van der Waals surface area contributed by atoms with Crippen molar-refractivity contribution in [3.63, 3.8) is 0 Å². The van der Waals surface area contributed by atoms with Crippen LogP contribution in [0, 0.1) is 5.92 Å². The highest BCUT2D eigenvalue weighted by atomic mass is 35.5. The molecule has 1 heterocycles. The number of piperidine rings is 1. The zero-order valence-electron chi connectivity index (χ0n) is 11.3. The summed E-state index contributed by atoms with van der Waals surface area (Å²) >= 11 is 11.9. The molecule has 7 heteroatoms. The Balaban J connectivity index is 2.08. The van der Waals surface area contributed by atoms with E-state index in [-0.39, 0.29) is 24.9 Å². The largest absolute Gasteiger partial charge is 0.481 e. The summed E-state index contributed by atoms with van der Waals surface area (Å²) in [5, 5.41) is 10.1. The highest BCUT2D eigenvalue weighted by molar-refractivity contribution is 6.33. The zero-order chi connectivity index (χ0) is 15.6. The summed E-state index contributed by atoms with van der Waals surface area (Å²) in [5.74, 6) is -1.74. The lowest BCUT2D eigenvalue weighted by molar-refractivity contribution is -0.146.